The molecule has 0 fully saturated rings. The second-order valence-electron chi connectivity index (χ2n) is 3.59. The zero-order valence-corrected chi connectivity index (χ0v) is 9.34. The van der Waals surface area contributed by atoms with Crippen LogP contribution in [0.15, 0.2) is 0 Å². The van der Waals surface area contributed by atoms with Crippen LogP contribution in [0.2, 0.25) is 0 Å². The molecule has 0 heterocycles. The van der Waals surface area contributed by atoms with Gasteiger partial charge in [0.1, 0.15) is 13.1 Å². The van der Waals surface area contributed by atoms with E-state index in [4.69, 9.17) is 10.2 Å². The van der Waals surface area contributed by atoms with Crippen molar-refractivity contribution in [3.8, 4) is 0 Å². The molecule has 0 aromatic heterocycles. The van der Waals surface area contributed by atoms with Gasteiger partial charge in [0.15, 0.2) is 0 Å². The molecule has 1 amide bonds. The van der Waals surface area contributed by atoms with Crippen LogP contribution in [0.5, 0.6) is 0 Å². The van der Waals surface area contributed by atoms with Crippen LogP contribution in [0.25, 0.3) is 0 Å². The molecule has 0 saturated heterocycles. The lowest BCUT2D eigenvalue weighted by atomic mass is 10.3. The summed E-state index contributed by atoms with van der Waals surface area (Å²) in [6.07, 6.45) is 0.105. The molecule has 0 aliphatic heterocycles. The summed E-state index contributed by atoms with van der Waals surface area (Å²) >= 11 is 0. The number of nitrogens with zero attached hydrogens (tertiary/aromatic N) is 2. The Hall–Kier alpha value is -1.63. The molecular weight excluding hydrogens is 216 g/mol. The van der Waals surface area contributed by atoms with E-state index < -0.39 is 30.9 Å². The van der Waals surface area contributed by atoms with Gasteiger partial charge in [-0.15, -0.1) is 0 Å². The molecule has 0 spiro atoms. The molecule has 0 aromatic carbocycles. The summed E-state index contributed by atoms with van der Waals surface area (Å²) in [5, 5.41) is 17.1. The van der Waals surface area contributed by atoms with E-state index >= 15 is 0 Å². The van der Waals surface area contributed by atoms with Gasteiger partial charge in [0.25, 0.3) is 0 Å². The highest BCUT2D eigenvalue weighted by Crippen LogP contribution is 1.96. The van der Waals surface area contributed by atoms with Gasteiger partial charge in [0, 0.05) is 13.0 Å². The number of carbonyl (C=O) groups excluding carboxylic acids is 1. The average Bonchev–Trinajstić information content (AvgIpc) is 2.11. The maximum absolute atomic E-state index is 11.5. The minimum Gasteiger partial charge on any atom is -0.480 e. The van der Waals surface area contributed by atoms with Crippen molar-refractivity contribution in [3.63, 3.8) is 0 Å². The fraction of sp³-hybridized carbons (Fsp3) is 0.667. The van der Waals surface area contributed by atoms with E-state index in [2.05, 4.69) is 0 Å². The van der Waals surface area contributed by atoms with Crippen molar-refractivity contribution in [1.29, 1.82) is 0 Å². The number of hydrogen-bond acceptors (Lipinski definition) is 4. The first-order valence-electron chi connectivity index (χ1n) is 4.69. The third-order valence-electron chi connectivity index (χ3n) is 1.78. The van der Waals surface area contributed by atoms with Gasteiger partial charge in [-0.25, -0.2) is 0 Å². The third kappa shape index (κ3) is 6.77. The Morgan fingerprint density at radius 2 is 1.44 bits per heavy atom. The van der Waals surface area contributed by atoms with Gasteiger partial charge >= 0.3 is 11.9 Å². The van der Waals surface area contributed by atoms with Crippen LogP contribution in [-0.4, -0.2) is 71.6 Å². The van der Waals surface area contributed by atoms with Gasteiger partial charge in [-0.3, -0.25) is 14.4 Å². The highest BCUT2D eigenvalue weighted by molar-refractivity contribution is 5.85. The topological polar surface area (TPSA) is 98.2 Å². The second-order valence-corrected chi connectivity index (χ2v) is 3.59. The number of amides is 1. The summed E-state index contributed by atoms with van der Waals surface area (Å²) in [4.78, 5) is 34.9. The first-order valence-corrected chi connectivity index (χ1v) is 4.69. The molecule has 16 heavy (non-hydrogen) atoms. The SMILES string of the molecule is CN(C)CCC(=O)N(CC(=O)O)CC(=O)O. The van der Waals surface area contributed by atoms with Crippen molar-refractivity contribution >= 4 is 17.8 Å². The number of carboxylic acid groups (broad SMARTS) is 2. The minimum absolute atomic E-state index is 0.105. The van der Waals surface area contributed by atoms with Crippen LogP contribution in [0.4, 0.5) is 0 Å². The Bertz CT molecular complexity index is 261. The van der Waals surface area contributed by atoms with Gasteiger partial charge in [0.2, 0.25) is 5.91 Å². The standard InChI is InChI=1S/C9H16N2O5/c1-10(2)4-3-7(12)11(5-8(13)14)6-9(15)16/h3-6H2,1-2H3,(H,13,14)(H,15,16). The van der Waals surface area contributed by atoms with Gasteiger partial charge in [-0.05, 0) is 14.1 Å². The molecule has 0 unspecified atom stereocenters. The van der Waals surface area contributed by atoms with Gasteiger partial charge in [0.05, 0.1) is 0 Å². The Labute approximate surface area is 93.3 Å². The molecule has 0 radical (unpaired) electrons. The van der Waals surface area contributed by atoms with Crippen molar-refractivity contribution in [3.05, 3.63) is 0 Å². The molecule has 0 saturated carbocycles. The molecule has 0 rings (SSSR count). The normalized spacial score (nSPS) is 10.2. The Morgan fingerprint density at radius 3 is 1.75 bits per heavy atom. The predicted octanol–water partition coefficient (Wildman–Crippen LogP) is -1.06. The number of aliphatic carboxylic acids is 2. The van der Waals surface area contributed by atoms with E-state index in [-0.39, 0.29) is 6.42 Å². The summed E-state index contributed by atoms with van der Waals surface area (Å²) in [6.45, 7) is -0.717. The third-order valence-corrected chi connectivity index (χ3v) is 1.78. The Balaban J connectivity index is 4.31. The molecule has 0 aromatic rings. The molecule has 92 valence electrons. The quantitative estimate of drug-likeness (QED) is 0.580. The van der Waals surface area contributed by atoms with Crippen molar-refractivity contribution in [2.24, 2.45) is 0 Å². The number of carbonyl (C=O) groups is 3. The number of hydrogen-bond donors (Lipinski definition) is 2. The fourth-order valence-electron chi connectivity index (χ4n) is 1.04. The van der Waals surface area contributed by atoms with Crippen molar-refractivity contribution < 1.29 is 24.6 Å². The first-order chi connectivity index (χ1) is 7.32. The van der Waals surface area contributed by atoms with Crippen LogP contribution in [0.3, 0.4) is 0 Å². The summed E-state index contributed by atoms with van der Waals surface area (Å²) in [5.41, 5.74) is 0. The highest BCUT2D eigenvalue weighted by Gasteiger charge is 2.19. The molecule has 0 atom stereocenters. The minimum atomic E-state index is -1.22. The average molecular weight is 232 g/mol. The van der Waals surface area contributed by atoms with Crippen LogP contribution < -0.4 is 0 Å². The van der Waals surface area contributed by atoms with Gasteiger partial charge < -0.3 is 20.0 Å². The molecular formula is C9H16N2O5. The molecule has 0 aliphatic rings. The molecule has 7 heteroatoms. The molecule has 0 aliphatic carbocycles. The van der Waals surface area contributed by atoms with E-state index in [0.717, 1.165) is 4.90 Å². The lowest BCUT2D eigenvalue weighted by molar-refractivity contribution is -0.149. The highest BCUT2D eigenvalue weighted by atomic mass is 16.4. The van der Waals surface area contributed by atoms with Crippen molar-refractivity contribution in [2.45, 2.75) is 6.42 Å². The van der Waals surface area contributed by atoms with E-state index in [1.54, 1.807) is 19.0 Å². The number of carboxylic acids is 2. The Kier molecular flexibility index (Phi) is 6.09. The van der Waals surface area contributed by atoms with E-state index in [9.17, 15) is 14.4 Å². The molecule has 7 nitrogen and oxygen atoms in total. The summed E-state index contributed by atoms with van der Waals surface area (Å²) < 4.78 is 0. The fourth-order valence-corrected chi connectivity index (χ4v) is 1.04. The largest absolute Gasteiger partial charge is 0.480 e. The van der Waals surface area contributed by atoms with E-state index in [1.807, 2.05) is 0 Å². The number of rotatable bonds is 7. The second kappa shape index (κ2) is 6.78. The maximum atomic E-state index is 11.5. The lowest BCUT2D eigenvalue weighted by Crippen LogP contribution is -2.40. The zero-order chi connectivity index (χ0) is 12.7. The Morgan fingerprint density at radius 1 is 1.00 bits per heavy atom. The molecule has 0 bridgehead atoms. The summed E-state index contributed by atoms with van der Waals surface area (Å²) in [7, 11) is 3.54. The van der Waals surface area contributed by atoms with Crippen LogP contribution >= 0.6 is 0 Å². The van der Waals surface area contributed by atoms with Crippen LogP contribution in [0.1, 0.15) is 6.42 Å². The maximum Gasteiger partial charge on any atom is 0.323 e. The lowest BCUT2D eigenvalue weighted by Gasteiger charge is -2.19. The first kappa shape index (κ1) is 14.4. The predicted molar refractivity (Wildman–Crippen MR) is 55.0 cm³/mol. The van der Waals surface area contributed by atoms with Gasteiger partial charge in [-0.1, -0.05) is 0 Å². The van der Waals surface area contributed by atoms with Crippen LogP contribution in [0, 0.1) is 0 Å². The smallest absolute Gasteiger partial charge is 0.323 e. The van der Waals surface area contributed by atoms with Crippen molar-refractivity contribution in [1.82, 2.24) is 9.80 Å². The van der Waals surface area contributed by atoms with Crippen molar-refractivity contribution in [2.75, 3.05) is 33.7 Å². The summed E-state index contributed by atoms with van der Waals surface area (Å²) in [5.74, 6) is -2.92. The van der Waals surface area contributed by atoms with E-state index in [0.29, 0.717) is 6.54 Å². The molecule has 2 N–H and O–H groups in total. The summed E-state index contributed by atoms with van der Waals surface area (Å²) in [6, 6.07) is 0. The van der Waals surface area contributed by atoms with E-state index in [1.165, 1.54) is 0 Å². The zero-order valence-electron chi connectivity index (χ0n) is 9.34. The monoisotopic (exact) mass is 232 g/mol. The van der Waals surface area contributed by atoms with Crippen LogP contribution in [-0.2, 0) is 14.4 Å². The van der Waals surface area contributed by atoms with Gasteiger partial charge in [-0.2, -0.15) is 0 Å².